The summed E-state index contributed by atoms with van der Waals surface area (Å²) in [4.78, 5) is 12.5. The van der Waals surface area contributed by atoms with Gasteiger partial charge in [0.1, 0.15) is 11.6 Å². The lowest BCUT2D eigenvalue weighted by Crippen LogP contribution is -2.23. The number of para-hydroxylation sites is 1. The third-order valence-electron chi connectivity index (χ3n) is 5.01. The number of carbonyl (C=O) groups is 1. The second-order valence-corrected chi connectivity index (χ2v) is 6.43. The normalized spacial score (nSPS) is 23.2. The van der Waals surface area contributed by atoms with Gasteiger partial charge in [-0.3, -0.25) is 4.79 Å². The van der Waals surface area contributed by atoms with Gasteiger partial charge < -0.3 is 10.1 Å². The van der Waals surface area contributed by atoms with Crippen molar-refractivity contribution in [2.45, 2.75) is 37.6 Å². The van der Waals surface area contributed by atoms with E-state index in [-0.39, 0.29) is 17.7 Å². The number of carbonyl (C=O) groups excluding carboxylic acids is 1. The van der Waals surface area contributed by atoms with Crippen LogP contribution in [0.5, 0.6) is 5.75 Å². The molecule has 4 rings (SSSR count). The minimum absolute atomic E-state index is 0.0241. The van der Waals surface area contributed by atoms with Gasteiger partial charge in [-0.25, -0.2) is 4.68 Å². The maximum Gasteiger partial charge on any atom is 0.229 e. The van der Waals surface area contributed by atoms with Crippen LogP contribution in [0.2, 0.25) is 0 Å². The molecular weight excluding hydrogens is 290 g/mol. The number of methoxy groups -OCH3 is 1. The van der Waals surface area contributed by atoms with Crippen LogP contribution in [-0.2, 0) is 4.79 Å². The Morgan fingerprint density at radius 1 is 1.30 bits per heavy atom. The van der Waals surface area contributed by atoms with Crippen molar-refractivity contribution in [2.24, 2.45) is 5.92 Å². The fourth-order valence-corrected chi connectivity index (χ4v) is 3.36. The van der Waals surface area contributed by atoms with Gasteiger partial charge in [0.05, 0.1) is 19.3 Å². The van der Waals surface area contributed by atoms with E-state index in [9.17, 15) is 4.79 Å². The molecular formula is C18H21N3O2. The maximum atomic E-state index is 12.5. The van der Waals surface area contributed by atoms with E-state index < -0.39 is 0 Å². The van der Waals surface area contributed by atoms with E-state index in [4.69, 9.17) is 4.74 Å². The molecule has 1 aromatic heterocycles. The second kappa shape index (κ2) is 5.72. The molecule has 23 heavy (non-hydrogen) atoms. The number of ether oxygens (including phenoxy) is 1. The van der Waals surface area contributed by atoms with Crippen molar-refractivity contribution in [3.8, 4) is 5.75 Å². The van der Waals surface area contributed by atoms with Crippen molar-refractivity contribution in [1.29, 1.82) is 0 Å². The maximum absolute atomic E-state index is 12.5. The predicted octanol–water partition coefficient (Wildman–Crippen LogP) is 3.36. The van der Waals surface area contributed by atoms with Gasteiger partial charge in [0.15, 0.2) is 0 Å². The average molecular weight is 311 g/mol. The highest BCUT2D eigenvalue weighted by molar-refractivity contribution is 5.94. The van der Waals surface area contributed by atoms with Gasteiger partial charge in [-0.2, -0.15) is 5.10 Å². The molecule has 2 aliphatic carbocycles. The van der Waals surface area contributed by atoms with Crippen molar-refractivity contribution in [3.05, 3.63) is 42.1 Å². The Labute approximate surface area is 135 Å². The highest BCUT2D eigenvalue weighted by Crippen LogP contribution is 2.50. The topological polar surface area (TPSA) is 56.1 Å². The lowest BCUT2D eigenvalue weighted by molar-refractivity contribution is -0.117. The fraction of sp³-hybridized carbons (Fsp3) is 0.444. The molecule has 0 bridgehead atoms. The first-order chi connectivity index (χ1) is 11.3. The summed E-state index contributed by atoms with van der Waals surface area (Å²) in [5, 5.41) is 7.42. The molecule has 1 heterocycles. The molecule has 0 unspecified atom stereocenters. The van der Waals surface area contributed by atoms with Crippen LogP contribution in [0.1, 0.15) is 43.2 Å². The second-order valence-electron chi connectivity index (χ2n) is 6.43. The number of hydrogen-bond acceptors (Lipinski definition) is 3. The van der Waals surface area contributed by atoms with Crippen LogP contribution in [0.3, 0.4) is 0 Å². The number of benzene rings is 1. The number of nitrogens with one attached hydrogen (secondary N) is 1. The molecule has 5 nitrogen and oxygen atoms in total. The van der Waals surface area contributed by atoms with E-state index in [1.807, 2.05) is 28.9 Å². The van der Waals surface area contributed by atoms with Gasteiger partial charge in [0.25, 0.3) is 0 Å². The highest BCUT2D eigenvalue weighted by Gasteiger charge is 2.45. The molecule has 1 amide bonds. The minimum Gasteiger partial charge on any atom is -0.496 e. The Balaban J connectivity index is 1.44. The van der Waals surface area contributed by atoms with Gasteiger partial charge in [0, 0.05) is 12.0 Å². The standard InChI is InChI=1S/C18H21N3O2/c1-23-16-8-3-2-7-13(16)14-11-15(14)18(22)20-17-9-10-19-21(17)12-5-4-6-12/h2-3,7-10,12,14-15H,4-6,11H2,1H3,(H,20,22)/t14-,15+/m0/s1. The largest absolute Gasteiger partial charge is 0.496 e. The Morgan fingerprint density at radius 3 is 2.87 bits per heavy atom. The van der Waals surface area contributed by atoms with Crippen molar-refractivity contribution in [3.63, 3.8) is 0 Å². The summed E-state index contributed by atoms with van der Waals surface area (Å²) in [6, 6.07) is 10.3. The van der Waals surface area contributed by atoms with Gasteiger partial charge >= 0.3 is 0 Å². The first-order valence-corrected chi connectivity index (χ1v) is 8.25. The van der Waals surface area contributed by atoms with E-state index in [2.05, 4.69) is 16.5 Å². The van der Waals surface area contributed by atoms with Crippen molar-refractivity contribution in [1.82, 2.24) is 9.78 Å². The average Bonchev–Trinajstić information content (AvgIpc) is 3.21. The molecule has 2 atom stereocenters. The van der Waals surface area contributed by atoms with E-state index in [0.29, 0.717) is 6.04 Å². The van der Waals surface area contributed by atoms with Crippen LogP contribution in [0, 0.1) is 5.92 Å². The monoisotopic (exact) mass is 311 g/mol. The third-order valence-corrected chi connectivity index (χ3v) is 5.01. The zero-order valence-electron chi connectivity index (χ0n) is 13.2. The number of aromatic nitrogens is 2. The summed E-state index contributed by atoms with van der Waals surface area (Å²) in [7, 11) is 1.67. The van der Waals surface area contributed by atoms with E-state index in [1.165, 1.54) is 6.42 Å². The number of amides is 1. The highest BCUT2D eigenvalue weighted by atomic mass is 16.5. The molecule has 120 valence electrons. The molecule has 0 radical (unpaired) electrons. The summed E-state index contributed by atoms with van der Waals surface area (Å²) < 4.78 is 7.37. The number of anilines is 1. The van der Waals surface area contributed by atoms with Crippen LogP contribution < -0.4 is 10.1 Å². The van der Waals surface area contributed by atoms with Crippen molar-refractivity contribution in [2.75, 3.05) is 12.4 Å². The first kappa shape index (κ1) is 14.3. The van der Waals surface area contributed by atoms with Gasteiger partial charge in [-0.1, -0.05) is 18.2 Å². The van der Waals surface area contributed by atoms with E-state index >= 15 is 0 Å². The van der Waals surface area contributed by atoms with Crippen LogP contribution in [-0.4, -0.2) is 22.8 Å². The molecule has 2 aromatic rings. The quantitative estimate of drug-likeness (QED) is 0.921. The van der Waals surface area contributed by atoms with Gasteiger partial charge in [0.2, 0.25) is 5.91 Å². The first-order valence-electron chi connectivity index (χ1n) is 8.25. The van der Waals surface area contributed by atoms with Crippen molar-refractivity contribution < 1.29 is 9.53 Å². The summed E-state index contributed by atoms with van der Waals surface area (Å²) in [6.07, 6.45) is 6.19. The molecule has 0 saturated heterocycles. The van der Waals surface area contributed by atoms with Gasteiger partial charge in [-0.05, 0) is 43.2 Å². The zero-order chi connectivity index (χ0) is 15.8. The Kier molecular flexibility index (Phi) is 3.56. The number of nitrogens with zero attached hydrogens (tertiary/aromatic N) is 2. The van der Waals surface area contributed by atoms with Crippen molar-refractivity contribution >= 4 is 11.7 Å². The van der Waals surface area contributed by atoms with Crippen LogP contribution in [0.4, 0.5) is 5.82 Å². The summed E-state index contributed by atoms with van der Waals surface area (Å²) in [5.41, 5.74) is 1.13. The molecule has 0 aliphatic heterocycles. The molecule has 2 aliphatic rings. The smallest absolute Gasteiger partial charge is 0.229 e. The van der Waals surface area contributed by atoms with E-state index in [0.717, 1.165) is 36.4 Å². The number of rotatable bonds is 5. The van der Waals surface area contributed by atoms with E-state index in [1.54, 1.807) is 13.3 Å². The SMILES string of the molecule is COc1ccccc1[C@@H]1C[C@H]1C(=O)Nc1ccnn1C1CCC1. The minimum atomic E-state index is 0.0241. The summed E-state index contributed by atoms with van der Waals surface area (Å²) in [6.45, 7) is 0. The molecule has 5 heteroatoms. The molecule has 2 saturated carbocycles. The molecule has 1 aromatic carbocycles. The fourth-order valence-electron chi connectivity index (χ4n) is 3.36. The third kappa shape index (κ3) is 2.60. The Morgan fingerprint density at radius 2 is 2.13 bits per heavy atom. The summed E-state index contributed by atoms with van der Waals surface area (Å²) in [5.74, 6) is 2.06. The molecule has 1 N–H and O–H groups in total. The lowest BCUT2D eigenvalue weighted by Gasteiger charge is -2.27. The van der Waals surface area contributed by atoms with Crippen LogP contribution in [0.25, 0.3) is 0 Å². The molecule has 0 spiro atoms. The predicted molar refractivity (Wildman–Crippen MR) is 87.6 cm³/mol. The van der Waals surface area contributed by atoms with Crippen LogP contribution >= 0.6 is 0 Å². The summed E-state index contributed by atoms with van der Waals surface area (Å²) >= 11 is 0. The van der Waals surface area contributed by atoms with Crippen LogP contribution in [0.15, 0.2) is 36.5 Å². The Hall–Kier alpha value is -2.30. The van der Waals surface area contributed by atoms with Gasteiger partial charge in [-0.15, -0.1) is 0 Å². The Bertz CT molecular complexity index is 721. The molecule has 2 fully saturated rings. The zero-order valence-corrected chi connectivity index (χ0v) is 13.2. The lowest BCUT2D eigenvalue weighted by atomic mass is 9.93. The number of hydrogen-bond donors (Lipinski definition) is 1.